The van der Waals surface area contributed by atoms with Crippen LogP contribution in [-0.2, 0) is 12.8 Å². The van der Waals surface area contributed by atoms with Crippen LogP contribution in [0.5, 0.6) is 0 Å². The second kappa shape index (κ2) is 7.25. The largest absolute Gasteiger partial charge is 0.387 e. The maximum absolute atomic E-state index is 11.0. The van der Waals surface area contributed by atoms with Crippen molar-refractivity contribution in [2.75, 3.05) is 6.54 Å². The van der Waals surface area contributed by atoms with E-state index in [2.05, 4.69) is 62.9 Å². The second-order valence-corrected chi connectivity index (χ2v) is 7.76. The van der Waals surface area contributed by atoms with E-state index in [4.69, 9.17) is 0 Å². The van der Waals surface area contributed by atoms with Gasteiger partial charge in [-0.2, -0.15) is 0 Å². The lowest BCUT2D eigenvalue weighted by atomic mass is 9.84. The molecule has 0 heterocycles. The van der Waals surface area contributed by atoms with E-state index >= 15 is 0 Å². The molecule has 0 saturated carbocycles. The predicted octanol–water partition coefficient (Wildman–Crippen LogP) is 4.87. The van der Waals surface area contributed by atoms with Gasteiger partial charge in [-0.15, -0.1) is 0 Å². The van der Waals surface area contributed by atoms with Crippen LogP contribution in [0.1, 0.15) is 63.3 Å². The minimum atomic E-state index is -0.438. The van der Waals surface area contributed by atoms with Crippen LogP contribution >= 0.6 is 0 Å². The first-order valence-electron chi connectivity index (χ1n) is 9.46. The fourth-order valence-corrected chi connectivity index (χ4v) is 4.25. The molecular weight excluding hydrogens is 294 g/mol. The van der Waals surface area contributed by atoms with Crippen LogP contribution in [0.25, 0.3) is 10.8 Å². The van der Waals surface area contributed by atoms with Crippen LogP contribution in [0.2, 0.25) is 0 Å². The predicted molar refractivity (Wildman–Crippen MR) is 103 cm³/mol. The molecule has 0 saturated heterocycles. The first-order chi connectivity index (χ1) is 11.5. The topological polar surface area (TPSA) is 23.5 Å². The molecule has 1 N–H and O–H groups in total. The van der Waals surface area contributed by atoms with Crippen molar-refractivity contribution in [2.45, 2.75) is 71.6 Å². The molecule has 0 amide bonds. The molecule has 130 valence electrons. The number of benzene rings is 2. The number of hydrogen-bond donors (Lipinski definition) is 1. The van der Waals surface area contributed by atoms with Gasteiger partial charge in [0.05, 0.1) is 6.10 Å². The lowest BCUT2D eigenvalue weighted by molar-refractivity contribution is 0.0764. The third kappa shape index (κ3) is 3.36. The minimum Gasteiger partial charge on any atom is -0.387 e. The summed E-state index contributed by atoms with van der Waals surface area (Å²) in [6.45, 7) is 9.52. The van der Waals surface area contributed by atoms with Gasteiger partial charge in [-0.25, -0.2) is 0 Å². The van der Waals surface area contributed by atoms with E-state index in [0.717, 1.165) is 12.0 Å². The van der Waals surface area contributed by atoms with Gasteiger partial charge in [0.15, 0.2) is 0 Å². The molecule has 1 atom stereocenters. The Kier molecular flexibility index (Phi) is 5.27. The lowest BCUT2D eigenvalue weighted by Crippen LogP contribution is -2.40. The Labute approximate surface area is 146 Å². The molecule has 0 spiro atoms. The smallest absolute Gasteiger partial charge is 0.0923 e. The van der Waals surface area contributed by atoms with Gasteiger partial charge in [0, 0.05) is 18.6 Å². The Balaban J connectivity index is 2.02. The van der Waals surface area contributed by atoms with E-state index in [1.165, 1.54) is 41.2 Å². The van der Waals surface area contributed by atoms with E-state index in [9.17, 15) is 5.11 Å². The maximum atomic E-state index is 11.0. The standard InChI is InChI=1S/C22H31NO/c1-15(2)23(16(3)4)14-22(24)21-13-17-9-5-6-10-18(17)19-11-7-8-12-20(19)21/h7-8,11-13,15-16,22,24H,5-6,9-10,14H2,1-4H3. The fraction of sp³-hybridized carbons (Fsp3) is 0.545. The Hall–Kier alpha value is -1.38. The first kappa shape index (κ1) is 17.4. The number of aliphatic hydroxyl groups excluding tert-OH is 1. The van der Waals surface area contributed by atoms with Crippen molar-refractivity contribution in [1.82, 2.24) is 4.90 Å². The van der Waals surface area contributed by atoms with Gasteiger partial charge in [0.1, 0.15) is 0 Å². The molecule has 3 rings (SSSR count). The molecule has 2 nitrogen and oxygen atoms in total. The van der Waals surface area contributed by atoms with Crippen molar-refractivity contribution >= 4 is 10.8 Å². The number of fused-ring (bicyclic) bond motifs is 3. The van der Waals surface area contributed by atoms with Gasteiger partial charge in [-0.1, -0.05) is 30.3 Å². The number of rotatable bonds is 5. The van der Waals surface area contributed by atoms with Crippen molar-refractivity contribution in [2.24, 2.45) is 0 Å². The van der Waals surface area contributed by atoms with Gasteiger partial charge in [0.25, 0.3) is 0 Å². The molecule has 1 unspecified atom stereocenters. The van der Waals surface area contributed by atoms with Crippen LogP contribution in [0.3, 0.4) is 0 Å². The van der Waals surface area contributed by atoms with E-state index < -0.39 is 6.10 Å². The molecule has 1 aliphatic carbocycles. The minimum absolute atomic E-state index is 0.434. The summed E-state index contributed by atoms with van der Waals surface area (Å²) in [7, 11) is 0. The summed E-state index contributed by atoms with van der Waals surface area (Å²) < 4.78 is 0. The molecule has 2 aromatic rings. The van der Waals surface area contributed by atoms with Gasteiger partial charge in [0.2, 0.25) is 0 Å². The average molecular weight is 325 g/mol. The van der Waals surface area contributed by atoms with Gasteiger partial charge in [-0.3, -0.25) is 4.90 Å². The van der Waals surface area contributed by atoms with Crippen LogP contribution in [0.4, 0.5) is 0 Å². The number of aryl methyl sites for hydroxylation is 2. The molecular formula is C22H31NO. The van der Waals surface area contributed by atoms with Crippen LogP contribution < -0.4 is 0 Å². The van der Waals surface area contributed by atoms with Crippen LogP contribution in [-0.4, -0.2) is 28.6 Å². The zero-order chi connectivity index (χ0) is 17.3. The van der Waals surface area contributed by atoms with Crippen molar-refractivity contribution in [1.29, 1.82) is 0 Å². The van der Waals surface area contributed by atoms with Gasteiger partial charge in [-0.05, 0) is 80.8 Å². The summed E-state index contributed by atoms with van der Waals surface area (Å²) in [5, 5.41) is 13.6. The highest BCUT2D eigenvalue weighted by atomic mass is 16.3. The molecule has 0 aliphatic heterocycles. The van der Waals surface area contributed by atoms with E-state index in [0.29, 0.717) is 18.6 Å². The Morgan fingerprint density at radius 3 is 2.25 bits per heavy atom. The molecule has 2 aromatic carbocycles. The highest BCUT2D eigenvalue weighted by molar-refractivity contribution is 5.90. The number of hydrogen-bond acceptors (Lipinski definition) is 2. The average Bonchev–Trinajstić information content (AvgIpc) is 2.58. The zero-order valence-corrected chi connectivity index (χ0v) is 15.5. The summed E-state index contributed by atoms with van der Waals surface area (Å²) in [4.78, 5) is 2.37. The highest BCUT2D eigenvalue weighted by Gasteiger charge is 2.22. The summed E-state index contributed by atoms with van der Waals surface area (Å²) >= 11 is 0. The Morgan fingerprint density at radius 1 is 0.958 bits per heavy atom. The van der Waals surface area contributed by atoms with Gasteiger partial charge < -0.3 is 5.11 Å². The Morgan fingerprint density at radius 2 is 1.58 bits per heavy atom. The lowest BCUT2D eigenvalue weighted by Gasteiger charge is -2.33. The molecule has 0 radical (unpaired) electrons. The summed E-state index contributed by atoms with van der Waals surface area (Å²) in [6.07, 6.45) is 4.44. The molecule has 24 heavy (non-hydrogen) atoms. The fourth-order valence-electron chi connectivity index (χ4n) is 4.25. The van der Waals surface area contributed by atoms with E-state index in [1.807, 2.05) is 0 Å². The quantitative estimate of drug-likeness (QED) is 0.847. The summed E-state index contributed by atoms with van der Waals surface area (Å²) in [5.74, 6) is 0. The Bertz CT molecular complexity index is 696. The summed E-state index contributed by atoms with van der Waals surface area (Å²) in [6, 6.07) is 11.8. The zero-order valence-electron chi connectivity index (χ0n) is 15.5. The third-order valence-corrected chi connectivity index (χ3v) is 5.47. The van der Waals surface area contributed by atoms with Crippen molar-refractivity contribution in [3.05, 3.63) is 47.0 Å². The molecule has 2 heteroatoms. The number of nitrogens with zero attached hydrogens (tertiary/aromatic N) is 1. The van der Waals surface area contributed by atoms with E-state index in [1.54, 1.807) is 0 Å². The summed E-state index contributed by atoms with van der Waals surface area (Å²) in [5.41, 5.74) is 4.07. The third-order valence-electron chi connectivity index (χ3n) is 5.47. The normalized spacial score (nSPS) is 16.2. The SMILES string of the molecule is CC(C)N(CC(O)c1cc2c(c3ccccc13)CCCC2)C(C)C. The van der Waals surface area contributed by atoms with Crippen LogP contribution in [0.15, 0.2) is 30.3 Å². The second-order valence-electron chi connectivity index (χ2n) is 7.76. The maximum Gasteiger partial charge on any atom is 0.0923 e. The monoisotopic (exact) mass is 325 g/mol. The van der Waals surface area contributed by atoms with Gasteiger partial charge >= 0.3 is 0 Å². The molecule has 0 bridgehead atoms. The van der Waals surface area contributed by atoms with Crippen LogP contribution in [0, 0.1) is 0 Å². The molecule has 0 fully saturated rings. The molecule has 0 aromatic heterocycles. The van der Waals surface area contributed by atoms with Crippen molar-refractivity contribution in [3.63, 3.8) is 0 Å². The van der Waals surface area contributed by atoms with Crippen molar-refractivity contribution in [3.8, 4) is 0 Å². The van der Waals surface area contributed by atoms with E-state index in [-0.39, 0.29) is 0 Å². The highest BCUT2D eigenvalue weighted by Crippen LogP contribution is 2.34. The van der Waals surface area contributed by atoms with Crippen molar-refractivity contribution < 1.29 is 5.11 Å². The number of aliphatic hydroxyl groups is 1. The molecule has 1 aliphatic rings. The first-order valence-corrected chi connectivity index (χ1v) is 9.46.